The summed E-state index contributed by atoms with van der Waals surface area (Å²) in [6, 6.07) is 12.4. The van der Waals surface area contributed by atoms with E-state index in [1.807, 2.05) is 17.0 Å². The van der Waals surface area contributed by atoms with Crippen LogP contribution in [0.2, 0.25) is 0 Å². The van der Waals surface area contributed by atoms with Gasteiger partial charge in [-0.15, -0.1) is 0 Å². The smallest absolute Gasteiger partial charge is 0.255 e. The van der Waals surface area contributed by atoms with E-state index in [1.165, 1.54) is 11.1 Å². The molecule has 1 amide bonds. The second kappa shape index (κ2) is 6.71. The molecule has 3 rings (SSSR count). The lowest BCUT2D eigenvalue weighted by Crippen LogP contribution is -3.13. The van der Waals surface area contributed by atoms with Crippen molar-refractivity contribution in [3.8, 4) is 0 Å². The van der Waals surface area contributed by atoms with Crippen LogP contribution >= 0.6 is 0 Å². The third kappa shape index (κ3) is 3.52. The van der Waals surface area contributed by atoms with Crippen LogP contribution < -0.4 is 4.90 Å². The van der Waals surface area contributed by atoms with Crippen molar-refractivity contribution in [1.29, 1.82) is 0 Å². The summed E-state index contributed by atoms with van der Waals surface area (Å²) in [4.78, 5) is 19.9. The average Bonchev–Trinajstić information content (AvgIpc) is 2.58. The highest BCUT2D eigenvalue weighted by Gasteiger charge is 2.24. The molecule has 1 aliphatic heterocycles. The van der Waals surface area contributed by atoms with E-state index in [1.54, 1.807) is 17.3 Å². The summed E-state index contributed by atoms with van der Waals surface area (Å²) in [6.07, 6.45) is 3.34. The summed E-state index contributed by atoms with van der Waals surface area (Å²) in [5.41, 5.74) is 3.35. The maximum absolute atomic E-state index is 12.4. The molecule has 1 aliphatic rings. The van der Waals surface area contributed by atoms with E-state index >= 15 is 0 Å². The Bertz CT molecular complexity index is 617. The molecule has 4 nitrogen and oxygen atoms in total. The number of benzene rings is 1. The summed E-state index contributed by atoms with van der Waals surface area (Å²) in [7, 11) is 0. The molecule has 0 atom stereocenters. The molecule has 1 saturated heterocycles. The Morgan fingerprint density at radius 1 is 1.18 bits per heavy atom. The SMILES string of the molecule is Cc1ccc(C[NH+]2CCN(C(=O)c3cccnc3)CC2)cc1. The van der Waals surface area contributed by atoms with E-state index < -0.39 is 0 Å². The van der Waals surface area contributed by atoms with Crippen LogP contribution in [0.5, 0.6) is 0 Å². The molecule has 1 aromatic heterocycles. The van der Waals surface area contributed by atoms with Crippen molar-refractivity contribution in [3.05, 3.63) is 65.5 Å². The molecular formula is C18H22N3O+. The van der Waals surface area contributed by atoms with Crippen LogP contribution in [0.1, 0.15) is 21.5 Å². The van der Waals surface area contributed by atoms with Gasteiger partial charge in [0.1, 0.15) is 6.54 Å². The lowest BCUT2D eigenvalue weighted by molar-refractivity contribution is -0.917. The van der Waals surface area contributed by atoms with Crippen LogP contribution in [0.4, 0.5) is 0 Å². The highest BCUT2D eigenvalue weighted by atomic mass is 16.2. The number of rotatable bonds is 3. The number of carbonyl (C=O) groups is 1. The van der Waals surface area contributed by atoms with Crippen molar-refractivity contribution < 1.29 is 9.69 Å². The van der Waals surface area contributed by atoms with E-state index in [0.29, 0.717) is 5.56 Å². The van der Waals surface area contributed by atoms with Crippen molar-refractivity contribution in [3.63, 3.8) is 0 Å². The molecule has 114 valence electrons. The summed E-state index contributed by atoms with van der Waals surface area (Å²) < 4.78 is 0. The molecule has 0 spiro atoms. The number of amides is 1. The number of nitrogens with one attached hydrogen (secondary N) is 1. The van der Waals surface area contributed by atoms with Gasteiger partial charge in [-0.3, -0.25) is 9.78 Å². The fourth-order valence-corrected chi connectivity index (χ4v) is 2.87. The minimum Gasteiger partial charge on any atom is -0.328 e. The Labute approximate surface area is 131 Å². The first-order valence-corrected chi connectivity index (χ1v) is 7.81. The Morgan fingerprint density at radius 3 is 2.55 bits per heavy atom. The van der Waals surface area contributed by atoms with Gasteiger partial charge in [0, 0.05) is 18.0 Å². The summed E-state index contributed by atoms with van der Waals surface area (Å²) in [5.74, 6) is 0.0995. The van der Waals surface area contributed by atoms with Crippen LogP contribution in [-0.4, -0.2) is 42.0 Å². The molecule has 0 saturated carbocycles. The monoisotopic (exact) mass is 296 g/mol. The number of hydrogen-bond donors (Lipinski definition) is 1. The molecule has 22 heavy (non-hydrogen) atoms. The molecule has 0 bridgehead atoms. The lowest BCUT2D eigenvalue weighted by Gasteiger charge is -2.32. The van der Waals surface area contributed by atoms with Gasteiger partial charge in [-0.05, 0) is 19.1 Å². The van der Waals surface area contributed by atoms with Gasteiger partial charge in [-0.2, -0.15) is 0 Å². The predicted octanol–water partition coefficient (Wildman–Crippen LogP) is 0.931. The maximum Gasteiger partial charge on any atom is 0.255 e. The molecule has 0 aliphatic carbocycles. The van der Waals surface area contributed by atoms with E-state index in [9.17, 15) is 4.79 Å². The predicted molar refractivity (Wildman–Crippen MR) is 85.7 cm³/mol. The van der Waals surface area contributed by atoms with Crippen LogP contribution in [0, 0.1) is 6.92 Å². The Kier molecular flexibility index (Phi) is 4.49. The first kappa shape index (κ1) is 14.7. The summed E-state index contributed by atoms with van der Waals surface area (Å²) >= 11 is 0. The first-order valence-electron chi connectivity index (χ1n) is 7.81. The minimum atomic E-state index is 0.0995. The average molecular weight is 296 g/mol. The number of quaternary nitrogens is 1. The van der Waals surface area contributed by atoms with E-state index in [-0.39, 0.29) is 5.91 Å². The van der Waals surface area contributed by atoms with Gasteiger partial charge in [-0.25, -0.2) is 0 Å². The largest absolute Gasteiger partial charge is 0.328 e. The van der Waals surface area contributed by atoms with Crippen LogP contribution in [0.15, 0.2) is 48.8 Å². The Morgan fingerprint density at radius 2 is 1.91 bits per heavy atom. The Balaban J connectivity index is 1.54. The van der Waals surface area contributed by atoms with Crippen molar-refractivity contribution in [2.24, 2.45) is 0 Å². The van der Waals surface area contributed by atoms with Gasteiger partial charge in [0.05, 0.1) is 31.7 Å². The number of aryl methyl sites for hydroxylation is 1. The van der Waals surface area contributed by atoms with Gasteiger partial charge >= 0.3 is 0 Å². The summed E-state index contributed by atoms with van der Waals surface area (Å²) in [6.45, 7) is 6.78. The van der Waals surface area contributed by atoms with E-state index in [4.69, 9.17) is 0 Å². The molecule has 0 radical (unpaired) electrons. The topological polar surface area (TPSA) is 37.6 Å². The van der Waals surface area contributed by atoms with Crippen molar-refractivity contribution >= 4 is 5.91 Å². The zero-order valence-electron chi connectivity index (χ0n) is 13.0. The van der Waals surface area contributed by atoms with Crippen LogP contribution in [0.3, 0.4) is 0 Å². The van der Waals surface area contributed by atoms with Crippen molar-refractivity contribution in [1.82, 2.24) is 9.88 Å². The number of hydrogen-bond acceptors (Lipinski definition) is 2. The summed E-state index contributed by atoms with van der Waals surface area (Å²) in [5, 5.41) is 0. The molecule has 4 heteroatoms. The number of pyridine rings is 1. The van der Waals surface area contributed by atoms with Gasteiger partial charge < -0.3 is 9.80 Å². The molecule has 2 aromatic rings. The third-order valence-corrected chi connectivity index (χ3v) is 4.24. The fraction of sp³-hybridized carbons (Fsp3) is 0.333. The maximum atomic E-state index is 12.4. The second-order valence-electron chi connectivity index (χ2n) is 5.95. The minimum absolute atomic E-state index is 0.0995. The quantitative estimate of drug-likeness (QED) is 0.915. The molecule has 0 unspecified atom stereocenters. The molecular weight excluding hydrogens is 274 g/mol. The van der Waals surface area contributed by atoms with Gasteiger partial charge in [0.15, 0.2) is 0 Å². The normalized spacial score (nSPS) is 15.8. The number of nitrogens with zero attached hydrogens (tertiary/aromatic N) is 2. The van der Waals surface area contributed by atoms with Gasteiger partial charge in [0.2, 0.25) is 0 Å². The zero-order chi connectivity index (χ0) is 15.4. The number of piperazine rings is 1. The van der Waals surface area contributed by atoms with Crippen molar-refractivity contribution in [2.75, 3.05) is 26.2 Å². The first-order chi connectivity index (χ1) is 10.7. The van der Waals surface area contributed by atoms with Crippen LogP contribution in [0.25, 0.3) is 0 Å². The number of carbonyl (C=O) groups excluding carboxylic acids is 1. The lowest BCUT2D eigenvalue weighted by atomic mass is 10.1. The highest BCUT2D eigenvalue weighted by molar-refractivity contribution is 5.93. The second-order valence-corrected chi connectivity index (χ2v) is 5.95. The third-order valence-electron chi connectivity index (χ3n) is 4.24. The zero-order valence-corrected chi connectivity index (χ0v) is 13.0. The Hall–Kier alpha value is -2.20. The standard InChI is InChI=1S/C18H21N3O/c1-15-4-6-16(7-5-15)14-20-9-11-21(12-10-20)18(22)17-3-2-8-19-13-17/h2-8,13H,9-12,14H2,1H3/p+1. The molecule has 1 fully saturated rings. The molecule has 1 aromatic carbocycles. The number of aromatic nitrogens is 1. The van der Waals surface area contributed by atoms with E-state index in [0.717, 1.165) is 32.7 Å². The van der Waals surface area contributed by atoms with Gasteiger partial charge in [0.25, 0.3) is 5.91 Å². The van der Waals surface area contributed by atoms with Gasteiger partial charge in [-0.1, -0.05) is 29.8 Å². The molecule has 2 heterocycles. The van der Waals surface area contributed by atoms with Crippen LogP contribution in [-0.2, 0) is 6.54 Å². The van der Waals surface area contributed by atoms with E-state index in [2.05, 4.69) is 36.2 Å². The highest BCUT2D eigenvalue weighted by Crippen LogP contribution is 2.04. The molecule has 1 N–H and O–H groups in total. The fourth-order valence-electron chi connectivity index (χ4n) is 2.87. The van der Waals surface area contributed by atoms with Crippen molar-refractivity contribution in [2.45, 2.75) is 13.5 Å².